The zero-order valence-electron chi connectivity index (χ0n) is 32.0. The van der Waals surface area contributed by atoms with Crippen LogP contribution in [-0.4, -0.2) is 6.71 Å². The van der Waals surface area contributed by atoms with E-state index in [0.29, 0.717) is 0 Å². The summed E-state index contributed by atoms with van der Waals surface area (Å²) in [4.78, 5) is 4.73. The zero-order chi connectivity index (χ0) is 38.9. The van der Waals surface area contributed by atoms with E-state index in [0.717, 1.165) is 95.1 Å². The number of rotatable bonds is 6. The van der Waals surface area contributed by atoms with E-state index in [9.17, 15) is 0 Å². The molecule has 0 atom stereocenters. The molecule has 2 aliphatic heterocycles. The van der Waals surface area contributed by atoms with E-state index in [4.69, 9.17) is 9.47 Å². The van der Waals surface area contributed by atoms with E-state index in [-0.39, 0.29) is 6.71 Å². The molecule has 5 heteroatoms. The molecule has 0 unspecified atom stereocenters. The summed E-state index contributed by atoms with van der Waals surface area (Å²) in [5.41, 5.74) is 9.77. The van der Waals surface area contributed by atoms with Gasteiger partial charge in [-0.3, -0.25) is 0 Å². The van der Waals surface area contributed by atoms with Crippen molar-refractivity contribution in [2.24, 2.45) is 0 Å². The lowest BCUT2D eigenvalue weighted by atomic mass is 9.33. The van der Waals surface area contributed by atoms with Gasteiger partial charge in [0.25, 0.3) is 6.71 Å². The number of hydrogen-bond donors (Lipinski definition) is 0. The minimum atomic E-state index is -0.156. The van der Waals surface area contributed by atoms with Crippen LogP contribution in [0.15, 0.2) is 212 Å². The summed E-state index contributed by atoms with van der Waals surface area (Å²) in [7, 11) is 0. The Balaban J connectivity index is 1.14. The fraction of sp³-hybridized carbons (Fsp3) is 0. The third-order valence-electron chi connectivity index (χ3n) is 11.9. The first-order valence-electron chi connectivity index (χ1n) is 20.1. The number of anilines is 6. The molecule has 0 saturated heterocycles. The molecule has 2 heterocycles. The standard InChI is InChI=1S/C54H35BN2O2/c1-4-20-37(21-5-1)56(38-22-6-2-7-23-38)46-34-50-52(43-29-14-12-27-41(43)46)55-53-44-30-15-13-28-42(44)47(35-51(53)59-49-33-17-32-48(58-50)54(49)55)57(39-24-8-3-9-25-39)45-31-16-19-36-18-10-11-26-40(36)45/h1-35H. The highest BCUT2D eigenvalue weighted by molar-refractivity contribution is 7.01. The van der Waals surface area contributed by atoms with Crippen LogP contribution < -0.4 is 35.7 Å². The van der Waals surface area contributed by atoms with Gasteiger partial charge in [0.1, 0.15) is 23.0 Å². The molecule has 0 aliphatic carbocycles. The van der Waals surface area contributed by atoms with Crippen LogP contribution in [0.2, 0.25) is 0 Å². The smallest absolute Gasteiger partial charge is 0.262 e. The Bertz CT molecular complexity index is 3200. The van der Waals surface area contributed by atoms with Crippen LogP contribution >= 0.6 is 0 Å². The summed E-state index contributed by atoms with van der Waals surface area (Å²) in [6.07, 6.45) is 0. The number of para-hydroxylation sites is 3. The SMILES string of the molecule is c1ccc(N(c2ccccc2)c2cc3c(c4ccccc24)B2c4c(cccc4Oc4cc(N(c5ccccc5)c5cccc6ccccc56)c5ccccc5c42)O3)cc1. The predicted molar refractivity (Wildman–Crippen MR) is 246 cm³/mol. The van der Waals surface area contributed by atoms with E-state index < -0.39 is 0 Å². The van der Waals surface area contributed by atoms with Gasteiger partial charge in [-0.05, 0) is 81.7 Å². The van der Waals surface area contributed by atoms with Crippen LogP contribution in [0, 0.1) is 0 Å². The maximum atomic E-state index is 7.07. The minimum absolute atomic E-state index is 0.156. The van der Waals surface area contributed by atoms with Crippen LogP contribution in [0.5, 0.6) is 23.0 Å². The maximum absolute atomic E-state index is 7.07. The molecule has 10 aromatic rings. The molecule has 276 valence electrons. The van der Waals surface area contributed by atoms with Gasteiger partial charge in [0.05, 0.1) is 17.1 Å². The normalized spacial score (nSPS) is 12.3. The van der Waals surface area contributed by atoms with Crippen molar-refractivity contribution >= 4 is 89.5 Å². The van der Waals surface area contributed by atoms with Gasteiger partial charge in [0.2, 0.25) is 0 Å². The average molecular weight is 755 g/mol. The second-order valence-corrected chi connectivity index (χ2v) is 15.2. The lowest BCUT2D eigenvalue weighted by Gasteiger charge is -2.37. The predicted octanol–water partition coefficient (Wildman–Crippen LogP) is 12.8. The minimum Gasteiger partial charge on any atom is -0.458 e. The van der Waals surface area contributed by atoms with Crippen LogP contribution in [0.3, 0.4) is 0 Å². The van der Waals surface area contributed by atoms with E-state index >= 15 is 0 Å². The second kappa shape index (κ2) is 13.4. The van der Waals surface area contributed by atoms with E-state index in [1.807, 2.05) is 6.07 Å². The summed E-state index contributed by atoms with van der Waals surface area (Å²) < 4.78 is 14.1. The van der Waals surface area contributed by atoms with Crippen molar-refractivity contribution in [1.82, 2.24) is 0 Å². The van der Waals surface area contributed by atoms with Crippen molar-refractivity contribution < 1.29 is 9.47 Å². The van der Waals surface area contributed by atoms with Crippen molar-refractivity contribution in [2.75, 3.05) is 9.80 Å². The fourth-order valence-electron chi connectivity index (χ4n) is 9.47. The Labute approximate surface area is 342 Å². The first-order valence-corrected chi connectivity index (χ1v) is 20.1. The molecule has 0 radical (unpaired) electrons. The molecule has 10 aromatic carbocycles. The van der Waals surface area contributed by atoms with Crippen molar-refractivity contribution in [3.05, 3.63) is 212 Å². The van der Waals surface area contributed by atoms with Gasteiger partial charge >= 0.3 is 0 Å². The Morgan fingerprint density at radius 1 is 0.288 bits per heavy atom. The first-order chi connectivity index (χ1) is 29.3. The third kappa shape index (κ3) is 5.25. The summed E-state index contributed by atoms with van der Waals surface area (Å²) in [6.45, 7) is -0.156. The van der Waals surface area contributed by atoms with E-state index in [1.165, 1.54) is 10.8 Å². The number of ether oxygens (including phenoxy) is 2. The number of fused-ring (bicyclic) bond motifs is 9. The molecule has 12 rings (SSSR count). The average Bonchev–Trinajstić information content (AvgIpc) is 3.30. The van der Waals surface area contributed by atoms with E-state index in [1.54, 1.807) is 0 Å². The van der Waals surface area contributed by atoms with E-state index in [2.05, 4.69) is 216 Å². The quantitative estimate of drug-likeness (QED) is 0.158. The lowest BCUT2D eigenvalue weighted by molar-refractivity contribution is 0.465. The molecular formula is C54H35BN2O2. The van der Waals surface area contributed by atoms with Crippen LogP contribution in [-0.2, 0) is 0 Å². The van der Waals surface area contributed by atoms with Crippen molar-refractivity contribution in [2.45, 2.75) is 0 Å². The molecule has 0 fully saturated rings. The highest BCUT2D eigenvalue weighted by Gasteiger charge is 2.43. The summed E-state index contributed by atoms with van der Waals surface area (Å²) in [6, 6.07) is 75.3. The lowest BCUT2D eigenvalue weighted by Crippen LogP contribution is -2.58. The van der Waals surface area contributed by atoms with Gasteiger partial charge in [0, 0.05) is 50.8 Å². The molecule has 0 saturated carbocycles. The molecular weight excluding hydrogens is 719 g/mol. The molecule has 0 aromatic heterocycles. The van der Waals surface area contributed by atoms with Crippen molar-refractivity contribution in [1.29, 1.82) is 0 Å². The summed E-state index contributed by atoms with van der Waals surface area (Å²) >= 11 is 0. The molecule has 59 heavy (non-hydrogen) atoms. The summed E-state index contributed by atoms with van der Waals surface area (Å²) in [5, 5.41) is 6.93. The van der Waals surface area contributed by atoms with Crippen LogP contribution in [0.1, 0.15) is 0 Å². The highest BCUT2D eigenvalue weighted by Crippen LogP contribution is 2.47. The van der Waals surface area contributed by atoms with Crippen LogP contribution in [0.25, 0.3) is 32.3 Å². The molecule has 2 aliphatic rings. The largest absolute Gasteiger partial charge is 0.458 e. The van der Waals surface area contributed by atoms with Gasteiger partial charge in [-0.25, -0.2) is 0 Å². The van der Waals surface area contributed by atoms with Gasteiger partial charge < -0.3 is 19.3 Å². The van der Waals surface area contributed by atoms with Crippen molar-refractivity contribution in [3.8, 4) is 23.0 Å². The number of nitrogens with zero attached hydrogens (tertiary/aromatic N) is 2. The molecule has 0 amide bonds. The topological polar surface area (TPSA) is 24.9 Å². The van der Waals surface area contributed by atoms with Gasteiger partial charge in [0.15, 0.2) is 0 Å². The Morgan fingerprint density at radius 2 is 0.695 bits per heavy atom. The Morgan fingerprint density at radius 3 is 1.24 bits per heavy atom. The zero-order valence-corrected chi connectivity index (χ0v) is 32.0. The van der Waals surface area contributed by atoms with Crippen LogP contribution in [0.4, 0.5) is 34.1 Å². The molecule has 0 spiro atoms. The van der Waals surface area contributed by atoms with Gasteiger partial charge in [-0.1, -0.05) is 146 Å². The third-order valence-corrected chi connectivity index (χ3v) is 11.9. The molecule has 4 nitrogen and oxygen atoms in total. The Hall–Kier alpha value is -7.76. The molecule has 0 N–H and O–H groups in total. The maximum Gasteiger partial charge on any atom is 0.262 e. The Kier molecular flexibility index (Phi) is 7.60. The molecule has 0 bridgehead atoms. The first kappa shape index (κ1) is 33.4. The highest BCUT2D eigenvalue weighted by atomic mass is 16.5. The van der Waals surface area contributed by atoms with Gasteiger partial charge in [-0.15, -0.1) is 0 Å². The van der Waals surface area contributed by atoms with Gasteiger partial charge in [-0.2, -0.15) is 0 Å². The number of benzene rings is 10. The second-order valence-electron chi connectivity index (χ2n) is 15.2. The summed E-state index contributed by atoms with van der Waals surface area (Å²) in [5.74, 6) is 3.30. The van der Waals surface area contributed by atoms with Crippen molar-refractivity contribution in [3.63, 3.8) is 0 Å². The number of hydrogen-bond acceptors (Lipinski definition) is 4. The monoisotopic (exact) mass is 754 g/mol. The fourth-order valence-corrected chi connectivity index (χ4v) is 9.47.